The van der Waals surface area contributed by atoms with Crippen LogP contribution in [-0.2, 0) is 6.18 Å². The van der Waals surface area contributed by atoms with Gasteiger partial charge in [0, 0.05) is 16.5 Å². The van der Waals surface area contributed by atoms with Crippen LogP contribution >= 0.6 is 11.3 Å². The van der Waals surface area contributed by atoms with Crippen molar-refractivity contribution in [3.05, 3.63) is 70.9 Å². The van der Waals surface area contributed by atoms with E-state index in [0.29, 0.717) is 10.8 Å². The van der Waals surface area contributed by atoms with Gasteiger partial charge in [-0.3, -0.25) is 5.43 Å². The van der Waals surface area contributed by atoms with Crippen LogP contribution in [0, 0.1) is 5.82 Å². The first-order chi connectivity index (χ1) is 11.9. The van der Waals surface area contributed by atoms with Crippen molar-refractivity contribution in [2.45, 2.75) is 6.18 Å². The number of thiazole rings is 1. The number of benzene rings is 2. The van der Waals surface area contributed by atoms with Gasteiger partial charge in [0.05, 0.1) is 17.5 Å². The summed E-state index contributed by atoms with van der Waals surface area (Å²) in [7, 11) is 0. The highest BCUT2D eigenvalue weighted by atomic mass is 32.1. The molecule has 3 aromatic rings. The normalized spacial score (nSPS) is 11.8. The number of nitrogens with zero attached hydrogens (tertiary/aromatic N) is 2. The van der Waals surface area contributed by atoms with Crippen molar-refractivity contribution in [3.8, 4) is 11.3 Å². The number of hydrogen-bond donors (Lipinski definition) is 1. The molecule has 1 heterocycles. The van der Waals surface area contributed by atoms with Crippen LogP contribution in [0.4, 0.5) is 22.7 Å². The van der Waals surface area contributed by atoms with Crippen LogP contribution in [0.15, 0.2) is 59.0 Å². The maximum atomic E-state index is 13.7. The number of alkyl halides is 3. The Labute approximate surface area is 144 Å². The number of anilines is 1. The second-order valence-electron chi connectivity index (χ2n) is 4.97. The van der Waals surface area contributed by atoms with Gasteiger partial charge in [-0.05, 0) is 12.1 Å². The molecule has 0 radical (unpaired) electrons. The van der Waals surface area contributed by atoms with Crippen LogP contribution in [0.2, 0.25) is 0 Å². The zero-order valence-corrected chi connectivity index (χ0v) is 13.4. The lowest BCUT2D eigenvalue weighted by molar-refractivity contribution is -0.137. The Kier molecular flexibility index (Phi) is 4.80. The molecule has 128 valence electrons. The quantitative estimate of drug-likeness (QED) is 0.381. The molecule has 0 fully saturated rings. The van der Waals surface area contributed by atoms with E-state index in [0.717, 1.165) is 30.0 Å². The van der Waals surface area contributed by atoms with Crippen molar-refractivity contribution in [2.24, 2.45) is 5.10 Å². The monoisotopic (exact) mass is 365 g/mol. The molecule has 0 bridgehead atoms. The van der Waals surface area contributed by atoms with Crippen molar-refractivity contribution in [2.75, 3.05) is 5.43 Å². The molecule has 3 rings (SSSR count). The molecule has 0 aliphatic heterocycles. The van der Waals surface area contributed by atoms with Crippen LogP contribution < -0.4 is 5.43 Å². The minimum atomic E-state index is -4.66. The molecule has 0 unspecified atom stereocenters. The van der Waals surface area contributed by atoms with Gasteiger partial charge in [-0.1, -0.05) is 36.4 Å². The first-order valence-electron chi connectivity index (χ1n) is 7.11. The first kappa shape index (κ1) is 17.1. The van der Waals surface area contributed by atoms with Crippen molar-refractivity contribution < 1.29 is 17.6 Å². The largest absolute Gasteiger partial charge is 0.417 e. The molecular weight excluding hydrogens is 354 g/mol. The fraction of sp³-hybridized carbons (Fsp3) is 0.0588. The lowest BCUT2D eigenvalue weighted by atomic mass is 10.1. The molecule has 2 aromatic carbocycles. The van der Waals surface area contributed by atoms with Crippen molar-refractivity contribution >= 4 is 22.7 Å². The molecule has 1 N–H and O–H groups in total. The standard InChI is InChI=1S/C17H11F4N3S/c18-14-8-4-7-13(17(19,20)21)12(14)9-22-24-16-23-15(10-25-16)11-5-2-1-3-6-11/h1-10H,(H,23,24). The number of rotatable bonds is 4. The van der Waals surface area contributed by atoms with Gasteiger partial charge in [0.2, 0.25) is 5.13 Å². The average Bonchev–Trinajstić information content (AvgIpc) is 3.05. The lowest BCUT2D eigenvalue weighted by Crippen LogP contribution is -2.10. The highest BCUT2D eigenvalue weighted by molar-refractivity contribution is 7.14. The predicted octanol–water partition coefficient (Wildman–Crippen LogP) is 5.41. The van der Waals surface area contributed by atoms with E-state index in [9.17, 15) is 17.6 Å². The van der Waals surface area contributed by atoms with E-state index in [2.05, 4.69) is 15.5 Å². The first-order valence-corrected chi connectivity index (χ1v) is 7.99. The summed E-state index contributed by atoms with van der Waals surface area (Å²) < 4.78 is 52.4. The summed E-state index contributed by atoms with van der Waals surface area (Å²) in [6, 6.07) is 12.2. The SMILES string of the molecule is Fc1cccc(C(F)(F)F)c1C=NNc1nc(-c2ccccc2)cs1. The minimum absolute atomic E-state index is 0.389. The van der Waals surface area contributed by atoms with Crippen molar-refractivity contribution in [1.29, 1.82) is 0 Å². The Bertz CT molecular complexity index is 888. The van der Waals surface area contributed by atoms with E-state index in [1.54, 1.807) is 5.38 Å². The highest BCUT2D eigenvalue weighted by Gasteiger charge is 2.34. The molecule has 3 nitrogen and oxygen atoms in total. The minimum Gasteiger partial charge on any atom is -0.253 e. The third-order valence-corrected chi connectivity index (χ3v) is 4.03. The third-order valence-electron chi connectivity index (χ3n) is 3.29. The van der Waals surface area contributed by atoms with Gasteiger partial charge in [-0.2, -0.15) is 18.3 Å². The number of halogens is 4. The molecule has 0 saturated heterocycles. The van der Waals surface area contributed by atoms with Crippen LogP contribution in [0.25, 0.3) is 11.3 Å². The Morgan fingerprint density at radius 3 is 2.52 bits per heavy atom. The van der Waals surface area contributed by atoms with Gasteiger partial charge in [0.1, 0.15) is 5.82 Å². The summed E-state index contributed by atoms with van der Waals surface area (Å²) in [6.45, 7) is 0. The van der Waals surface area contributed by atoms with Crippen molar-refractivity contribution in [3.63, 3.8) is 0 Å². The van der Waals surface area contributed by atoms with E-state index in [4.69, 9.17) is 0 Å². The maximum absolute atomic E-state index is 13.7. The van der Waals surface area contributed by atoms with E-state index >= 15 is 0 Å². The highest BCUT2D eigenvalue weighted by Crippen LogP contribution is 2.32. The topological polar surface area (TPSA) is 37.3 Å². The fourth-order valence-corrected chi connectivity index (χ4v) is 2.80. The summed E-state index contributed by atoms with van der Waals surface area (Å²) in [5.41, 5.74) is 2.45. The number of hydrogen-bond acceptors (Lipinski definition) is 4. The smallest absolute Gasteiger partial charge is 0.253 e. The van der Waals surface area contributed by atoms with Crippen LogP contribution in [0.5, 0.6) is 0 Å². The van der Waals surface area contributed by atoms with Crippen LogP contribution in [0.1, 0.15) is 11.1 Å². The second kappa shape index (κ2) is 7.02. The van der Waals surface area contributed by atoms with Gasteiger partial charge in [0.25, 0.3) is 0 Å². The number of aromatic nitrogens is 1. The van der Waals surface area contributed by atoms with Gasteiger partial charge in [-0.15, -0.1) is 11.3 Å². The molecule has 0 spiro atoms. The van der Waals surface area contributed by atoms with E-state index < -0.39 is 23.1 Å². The summed E-state index contributed by atoms with van der Waals surface area (Å²) in [5.74, 6) is -0.996. The summed E-state index contributed by atoms with van der Waals surface area (Å²) in [6.07, 6.45) is -3.85. The zero-order chi connectivity index (χ0) is 17.9. The Balaban J connectivity index is 1.78. The van der Waals surface area contributed by atoms with Crippen molar-refractivity contribution in [1.82, 2.24) is 4.98 Å². The van der Waals surface area contributed by atoms with E-state index in [-0.39, 0.29) is 0 Å². The number of hydrazone groups is 1. The third kappa shape index (κ3) is 4.03. The van der Waals surface area contributed by atoms with Crippen LogP contribution in [-0.4, -0.2) is 11.2 Å². The Hall–Kier alpha value is -2.74. The molecule has 25 heavy (non-hydrogen) atoms. The summed E-state index contributed by atoms with van der Waals surface area (Å²) in [4.78, 5) is 4.28. The number of nitrogens with one attached hydrogen (secondary N) is 1. The maximum Gasteiger partial charge on any atom is 0.417 e. The zero-order valence-electron chi connectivity index (χ0n) is 12.6. The Morgan fingerprint density at radius 2 is 1.80 bits per heavy atom. The average molecular weight is 365 g/mol. The van der Waals surface area contributed by atoms with E-state index in [1.165, 1.54) is 11.3 Å². The molecule has 0 aliphatic carbocycles. The molecule has 0 atom stereocenters. The summed E-state index contributed by atoms with van der Waals surface area (Å²) in [5, 5.41) is 5.86. The molecular formula is C17H11F4N3S. The molecule has 0 saturated carbocycles. The van der Waals surface area contributed by atoms with Gasteiger partial charge in [-0.25, -0.2) is 9.37 Å². The summed E-state index contributed by atoms with van der Waals surface area (Å²) >= 11 is 1.24. The van der Waals surface area contributed by atoms with E-state index in [1.807, 2.05) is 30.3 Å². The molecule has 8 heteroatoms. The van der Waals surface area contributed by atoms with Gasteiger partial charge < -0.3 is 0 Å². The Morgan fingerprint density at radius 1 is 1.04 bits per heavy atom. The predicted molar refractivity (Wildman–Crippen MR) is 90.2 cm³/mol. The van der Waals surface area contributed by atoms with Crippen LogP contribution in [0.3, 0.4) is 0 Å². The fourth-order valence-electron chi connectivity index (χ4n) is 2.13. The van der Waals surface area contributed by atoms with Gasteiger partial charge in [0.15, 0.2) is 0 Å². The lowest BCUT2D eigenvalue weighted by Gasteiger charge is -2.10. The molecule has 1 aromatic heterocycles. The molecule has 0 aliphatic rings. The van der Waals surface area contributed by atoms with Gasteiger partial charge >= 0.3 is 6.18 Å². The second-order valence-corrected chi connectivity index (χ2v) is 5.83. The molecule has 0 amide bonds.